The fourth-order valence-corrected chi connectivity index (χ4v) is 3.23. The number of carbonyl (C=O) groups is 1. The van der Waals surface area contributed by atoms with E-state index in [0.717, 1.165) is 17.7 Å². The van der Waals surface area contributed by atoms with Crippen molar-refractivity contribution >= 4 is 5.91 Å². The molecule has 1 atom stereocenters. The zero-order valence-corrected chi connectivity index (χ0v) is 14.8. The highest BCUT2D eigenvalue weighted by Crippen LogP contribution is 2.40. The lowest BCUT2D eigenvalue weighted by Gasteiger charge is -2.37. The molecule has 0 saturated carbocycles. The van der Waals surface area contributed by atoms with E-state index in [2.05, 4.69) is 10.4 Å². The summed E-state index contributed by atoms with van der Waals surface area (Å²) < 4.78 is 7.20. The highest BCUT2D eigenvalue weighted by Gasteiger charge is 2.33. The van der Waals surface area contributed by atoms with Gasteiger partial charge >= 0.3 is 0 Å². The molecule has 1 N–H and O–H groups in total. The van der Waals surface area contributed by atoms with Crippen LogP contribution in [0.1, 0.15) is 37.4 Å². The Morgan fingerprint density at radius 2 is 2.08 bits per heavy atom. The first-order chi connectivity index (χ1) is 11.8. The number of para-hydroxylation sites is 1. The molecule has 2 aromatic rings. The molecule has 0 saturated heterocycles. The van der Waals surface area contributed by atoms with Crippen molar-refractivity contribution in [2.24, 2.45) is 0 Å². The minimum absolute atomic E-state index is 0.0746. The van der Waals surface area contributed by atoms with Gasteiger partial charge in [0, 0.05) is 18.5 Å². The van der Waals surface area contributed by atoms with Gasteiger partial charge in [-0.05, 0) is 44.9 Å². The van der Waals surface area contributed by atoms with Crippen molar-refractivity contribution in [1.29, 1.82) is 0 Å². The first-order valence-electron chi connectivity index (χ1n) is 8.43. The maximum atomic E-state index is 12.2. The van der Waals surface area contributed by atoms with Crippen LogP contribution >= 0.6 is 0 Å². The Balaban J connectivity index is 1.68. The third-order valence-corrected chi connectivity index (χ3v) is 4.32. The van der Waals surface area contributed by atoms with Gasteiger partial charge in [-0.25, -0.2) is 4.68 Å². The van der Waals surface area contributed by atoms with Crippen LogP contribution in [0.4, 0.5) is 0 Å². The SMILES string of the molecule is Cc1ccc(=O)n(CC(=O)NCC2CC(C)(C)Oc3ccccc32)n1. The molecule has 132 valence electrons. The molecule has 6 nitrogen and oxygen atoms in total. The van der Waals surface area contributed by atoms with E-state index in [1.54, 1.807) is 13.0 Å². The van der Waals surface area contributed by atoms with E-state index in [9.17, 15) is 9.59 Å². The predicted molar refractivity (Wildman–Crippen MR) is 94.8 cm³/mol. The van der Waals surface area contributed by atoms with E-state index in [0.29, 0.717) is 12.2 Å². The molecule has 0 aliphatic carbocycles. The summed E-state index contributed by atoms with van der Waals surface area (Å²) in [6.07, 6.45) is 0.812. The summed E-state index contributed by atoms with van der Waals surface area (Å²) in [6.45, 7) is 6.31. The van der Waals surface area contributed by atoms with Gasteiger partial charge in [-0.2, -0.15) is 5.10 Å². The van der Waals surface area contributed by atoms with Gasteiger partial charge in [-0.3, -0.25) is 9.59 Å². The Labute approximate surface area is 146 Å². The average molecular weight is 341 g/mol. The molecule has 0 spiro atoms. The van der Waals surface area contributed by atoms with Crippen molar-refractivity contribution in [3.8, 4) is 5.75 Å². The third-order valence-electron chi connectivity index (χ3n) is 4.32. The first kappa shape index (κ1) is 17.2. The predicted octanol–water partition coefficient (Wildman–Crippen LogP) is 2.01. The molecule has 0 bridgehead atoms. The van der Waals surface area contributed by atoms with Gasteiger partial charge < -0.3 is 10.1 Å². The van der Waals surface area contributed by atoms with Crippen molar-refractivity contribution in [3.63, 3.8) is 0 Å². The molecule has 25 heavy (non-hydrogen) atoms. The Kier molecular flexibility index (Phi) is 4.61. The van der Waals surface area contributed by atoms with Gasteiger partial charge in [-0.1, -0.05) is 18.2 Å². The minimum Gasteiger partial charge on any atom is -0.488 e. The van der Waals surface area contributed by atoms with E-state index >= 15 is 0 Å². The number of hydrogen-bond acceptors (Lipinski definition) is 4. The summed E-state index contributed by atoms with van der Waals surface area (Å²) in [5, 5.41) is 7.02. The Hall–Kier alpha value is -2.63. The number of aryl methyl sites for hydroxylation is 1. The zero-order chi connectivity index (χ0) is 18.0. The molecule has 0 radical (unpaired) electrons. The molecule has 6 heteroatoms. The number of benzene rings is 1. The number of nitrogens with one attached hydrogen (secondary N) is 1. The van der Waals surface area contributed by atoms with E-state index in [1.165, 1.54) is 10.7 Å². The molecule has 1 aliphatic heterocycles. The van der Waals surface area contributed by atoms with Crippen LogP contribution in [0.5, 0.6) is 5.75 Å². The third kappa shape index (κ3) is 4.07. The lowest BCUT2D eigenvalue weighted by molar-refractivity contribution is -0.122. The largest absolute Gasteiger partial charge is 0.488 e. The van der Waals surface area contributed by atoms with Crippen molar-refractivity contribution in [3.05, 3.63) is 58.0 Å². The second kappa shape index (κ2) is 6.70. The van der Waals surface area contributed by atoms with Gasteiger partial charge in [0.15, 0.2) is 0 Å². The second-order valence-electron chi connectivity index (χ2n) is 7.08. The van der Waals surface area contributed by atoms with Crippen LogP contribution in [0.2, 0.25) is 0 Å². The number of amides is 1. The van der Waals surface area contributed by atoms with Crippen LogP contribution in [0.15, 0.2) is 41.2 Å². The summed E-state index contributed by atoms with van der Waals surface area (Å²) in [5.41, 5.74) is 1.25. The molecule has 2 heterocycles. The molecular weight excluding hydrogens is 318 g/mol. The maximum absolute atomic E-state index is 12.2. The molecular formula is C19H23N3O3. The van der Waals surface area contributed by atoms with Gasteiger partial charge in [0.1, 0.15) is 17.9 Å². The number of aromatic nitrogens is 2. The summed E-state index contributed by atoms with van der Waals surface area (Å²) in [6, 6.07) is 11.0. The van der Waals surface area contributed by atoms with Crippen LogP contribution in [-0.2, 0) is 11.3 Å². The normalized spacial score (nSPS) is 18.1. The van der Waals surface area contributed by atoms with Crippen LogP contribution in [-0.4, -0.2) is 27.8 Å². The quantitative estimate of drug-likeness (QED) is 0.923. The monoisotopic (exact) mass is 341 g/mol. The topological polar surface area (TPSA) is 73.2 Å². The molecule has 3 rings (SSSR count). The highest BCUT2D eigenvalue weighted by molar-refractivity contribution is 5.75. The van der Waals surface area contributed by atoms with Gasteiger partial charge in [-0.15, -0.1) is 0 Å². The average Bonchev–Trinajstić information content (AvgIpc) is 2.55. The van der Waals surface area contributed by atoms with Crippen molar-refractivity contribution in [2.45, 2.75) is 45.3 Å². The Bertz CT molecular complexity index is 842. The number of rotatable bonds is 4. The van der Waals surface area contributed by atoms with Crippen molar-refractivity contribution in [1.82, 2.24) is 15.1 Å². The van der Waals surface area contributed by atoms with Crippen LogP contribution < -0.4 is 15.6 Å². The first-order valence-corrected chi connectivity index (χ1v) is 8.43. The fraction of sp³-hybridized carbons (Fsp3) is 0.421. The smallest absolute Gasteiger partial charge is 0.267 e. The number of carbonyl (C=O) groups excluding carboxylic acids is 1. The highest BCUT2D eigenvalue weighted by atomic mass is 16.5. The summed E-state index contributed by atoms with van der Waals surface area (Å²) in [4.78, 5) is 24.0. The standard InChI is InChI=1S/C19H23N3O3/c1-13-8-9-18(24)22(21-13)12-17(23)20-11-14-10-19(2,3)25-16-7-5-4-6-15(14)16/h4-9,14H,10-12H2,1-3H3,(H,20,23). The molecule has 1 unspecified atom stereocenters. The summed E-state index contributed by atoms with van der Waals surface area (Å²) >= 11 is 0. The maximum Gasteiger partial charge on any atom is 0.267 e. The molecule has 1 aliphatic rings. The fourth-order valence-electron chi connectivity index (χ4n) is 3.23. The Morgan fingerprint density at radius 1 is 1.32 bits per heavy atom. The molecule has 1 amide bonds. The summed E-state index contributed by atoms with van der Waals surface area (Å²) in [7, 11) is 0. The van der Waals surface area contributed by atoms with E-state index in [1.807, 2.05) is 38.1 Å². The number of ether oxygens (including phenoxy) is 1. The van der Waals surface area contributed by atoms with E-state index < -0.39 is 0 Å². The minimum atomic E-state index is -0.279. The lowest BCUT2D eigenvalue weighted by atomic mass is 9.84. The van der Waals surface area contributed by atoms with Crippen molar-refractivity contribution < 1.29 is 9.53 Å². The molecule has 1 aromatic heterocycles. The number of nitrogens with zero attached hydrogens (tertiary/aromatic N) is 2. The van der Waals surface area contributed by atoms with Crippen molar-refractivity contribution in [2.75, 3.05) is 6.54 Å². The van der Waals surface area contributed by atoms with Gasteiger partial charge in [0.2, 0.25) is 5.91 Å². The van der Waals surface area contributed by atoms with Crippen LogP contribution in [0.3, 0.4) is 0 Å². The number of hydrogen-bond donors (Lipinski definition) is 1. The van der Waals surface area contributed by atoms with Crippen LogP contribution in [0, 0.1) is 6.92 Å². The Morgan fingerprint density at radius 3 is 2.88 bits per heavy atom. The zero-order valence-electron chi connectivity index (χ0n) is 14.8. The molecule has 0 fully saturated rings. The van der Waals surface area contributed by atoms with Gasteiger partial charge in [0.05, 0.1) is 5.69 Å². The number of fused-ring (bicyclic) bond motifs is 1. The van der Waals surface area contributed by atoms with E-state index in [-0.39, 0.29) is 29.5 Å². The van der Waals surface area contributed by atoms with Crippen LogP contribution in [0.25, 0.3) is 0 Å². The lowest BCUT2D eigenvalue weighted by Crippen LogP contribution is -2.40. The summed E-state index contributed by atoms with van der Waals surface area (Å²) in [5.74, 6) is 0.822. The van der Waals surface area contributed by atoms with Gasteiger partial charge in [0.25, 0.3) is 5.56 Å². The molecule has 1 aromatic carbocycles. The second-order valence-corrected chi connectivity index (χ2v) is 7.08. The van der Waals surface area contributed by atoms with E-state index in [4.69, 9.17) is 4.74 Å².